The van der Waals surface area contributed by atoms with Gasteiger partial charge in [0.15, 0.2) is 5.65 Å². The van der Waals surface area contributed by atoms with Crippen LogP contribution in [-0.2, 0) is 10.2 Å². The molecule has 3 aromatic rings. The van der Waals surface area contributed by atoms with Gasteiger partial charge in [0.1, 0.15) is 5.82 Å². The Bertz CT molecular complexity index is 1310. The van der Waals surface area contributed by atoms with Crippen LogP contribution in [0.3, 0.4) is 0 Å². The number of nitrogens with zero attached hydrogens (tertiary/aromatic N) is 5. The monoisotopic (exact) mass is 483 g/mol. The van der Waals surface area contributed by atoms with E-state index in [4.69, 9.17) is 14.7 Å². The molecule has 0 amide bonds. The van der Waals surface area contributed by atoms with Crippen molar-refractivity contribution in [3.63, 3.8) is 0 Å². The van der Waals surface area contributed by atoms with Crippen LogP contribution in [0, 0.1) is 12.3 Å². The van der Waals surface area contributed by atoms with Crippen LogP contribution in [-0.4, -0.2) is 37.0 Å². The van der Waals surface area contributed by atoms with E-state index in [9.17, 15) is 13.2 Å². The van der Waals surface area contributed by atoms with E-state index in [1.165, 1.54) is 12.8 Å². The maximum Gasteiger partial charge on any atom is 0.394 e. The third kappa shape index (κ3) is 3.26. The fourth-order valence-electron chi connectivity index (χ4n) is 6.68. The number of hydrogen-bond acceptors (Lipinski definition) is 5. The summed E-state index contributed by atoms with van der Waals surface area (Å²) in [5.74, 6) is 0.730. The molecule has 5 aliphatic rings. The van der Waals surface area contributed by atoms with Crippen molar-refractivity contribution in [2.24, 2.45) is 5.41 Å². The molecule has 2 bridgehead atoms. The Morgan fingerprint density at radius 2 is 1.83 bits per heavy atom. The minimum atomic E-state index is -4.15. The summed E-state index contributed by atoms with van der Waals surface area (Å²) < 4.78 is 49.1. The third-order valence-corrected chi connectivity index (χ3v) is 8.64. The lowest BCUT2D eigenvalue weighted by molar-refractivity contribution is -0.337. The van der Waals surface area contributed by atoms with E-state index in [1.54, 1.807) is 0 Å². The van der Waals surface area contributed by atoms with Crippen LogP contribution in [0.25, 0.3) is 11.0 Å². The summed E-state index contributed by atoms with van der Waals surface area (Å²) in [5.41, 5.74) is 1.21. The normalized spacial score (nSPS) is 34.5. The minimum Gasteiger partial charge on any atom is -0.370 e. The van der Waals surface area contributed by atoms with Gasteiger partial charge >= 0.3 is 6.18 Å². The molecule has 5 fully saturated rings. The van der Waals surface area contributed by atoms with Gasteiger partial charge in [0.05, 0.1) is 35.6 Å². The topological polar surface area (TPSA) is 65.7 Å². The number of alkyl halides is 3. The lowest BCUT2D eigenvalue weighted by atomic mass is 9.33. The molecule has 35 heavy (non-hydrogen) atoms. The highest BCUT2D eigenvalue weighted by Crippen LogP contribution is 2.78. The molecule has 8 rings (SSSR count). The summed E-state index contributed by atoms with van der Waals surface area (Å²) in [6, 6.07) is 4.33. The number of pyridine rings is 1. The number of ether oxygens (including phenoxy) is 1. The Labute approximate surface area is 201 Å². The van der Waals surface area contributed by atoms with Crippen LogP contribution in [0.4, 0.5) is 13.2 Å². The first-order valence-corrected chi connectivity index (χ1v) is 12.6. The predicted octanol–water partition coefficient (Wildman–Crippen LogP) is 5.87. The zero-order chi connectivity index (χ0) is 24.2. The molecule has 0 spiro atoms. The van der Waals surface area contributed by atoms with Crippen molar-refractivity contribution >= 4 is 11.0 Å². The quantitative estimate of drug-likeness (QED) is 0.464. The average molecular weight is 484 g/mol. The van der Waals surface area contributed by atoms with Crippen molar-refractivity contribution < 1.29 is 17.9 Å². The van der Waals surface area contributed by atoms with Crippen LogP contribution in [0.1, 0.15) is 92.7 Å². The zero-order valence-electron chi connectivity index (χ0n) is 19.8. The molecule has 0 N–H and O–H groups in total. The summed E-state index contributed by atoms with van der Waals surface area (Å²) in [6.07, 6.45) is 3.94. The largest absolute Gasteiger partial charge is 0.394 e. The number of aromatic nitrogens is 5. The smallest absolute Gasteiger partial charge is 0.370 e. The van der Waals surface area contributed by atoms with E-state index < -0.39 is 17.0 Å². The summed E-state index contributed by atoms with van der Waals surface area (Å²) in [7, 11) is 0. The van der Waals surface area contributed by atoms with Gasteiger partial charge in [-0.3, -0.25) is 4.68 Å². The van der Waals surface area contributed by atoms with Gasteiger partial charge in [-0.25, -0.2) is 15.0 Å². The summed E-state index contributed by atoms with van der Waals surface area (Å²) in [6.45, 7) is 3.97. The van der Waals surface area contributed by atoms with Crippen LogP contribution >= 0.6 is 0 Å². The van der Waals surface area contributed by atoms with Crippen LogP contribution in [0.5, 0.6) is 0 Å². The highest BCUT2D eigenvalue weighted by Gasteiger charge is 2.79. The van der Waals surface area contributed by atoms with E-state index in [0.717, 1.165) is 35.2 Å². The molecule has 6 nitrogen and oxygen atoms in total. The van der Waals surface area contributed by atoms with Gasteiger partial charge in [0.25, 0.3) is 0 Å². The summed E-state index contributed by atoms with van der Waals surface area (Å²) in [4.78, 5) is 14.5. The maximum absolute atomic E-state index is 13.6. The first kappa shape index (κ1) is 21.7. The fraction of sp³-hybridized carbons (Fsp3) is 0.615. The molecule has 4 heterocycles. The van der Waals surface area contributed by atoms with Crippen LogP contribution in [0.2, 0.25) is 0 Å². The Kier molecular flexibility index (Phi) is 4.35. The Morgan fingerprint density at radius 3 is 2.54 bits per heavy atom. The highest BCUT2D eigenvalue weighted by molar-refractivity contribution is 5.79. The molecule has 184 valence electrons. The molecule has 0 unspecified atom stereocenters. The van der Waals surface area contributed by atoms with Crippen molar-refractivity contribution in [1.82, 2.24) is 24.7 Å². The van der Waals surface area contributed by atoms with Crippen molar-refractivity contribution in [3.05, 3.63) is 47.3 Å². The molecule has 0 aromatic carbocycles. The van der Waals surface area contributed by atoms with E-state index in [-0.39, 0.29) is 37.4 Å². The third-order valence-electron chi connectivity index (χ3n) is 8.64. The fourth-order valence-corrected chi connectivity index (χ4v) is 6.68. The van der Waals surface area contributed by atoms with Gasteiger partial charge in [-0.15, -0.1) is 0 Å². The standard InChI is InChI=1S/C26H28F3N5O/c1-14-3-6-19-21(24-11-25(12-24,13-24)26(27,28)29)32-22(33-23(19)31-14)16-7-15(2)35-20(8-16)17-9-30-34(10-17)18-4-5-18/h3,6,9-10,15-16,18,20H,4-5,7-8,11-13H2,1-2H3/t15-,16+,20+,24?,25?/m0/s1. The number of rotatable bonds is 4. The SMILES string of the molecule is Cc1ccc2c(C34CC(C(F)(F)F)(C3)C4)nc([C@@H]3C[C@H](C)O[C@@H](c4cnn(C5CC5)c4)C3)nc2n1. The number of hydrogen-bond donors (Lipinski definition) is 0. The molecular weight excluding hydrogens is 455 g/mol. The molecule has 9 heteroatoms. The minimum absolute atomic E-state index is 0.0136. The molecule has 4 saturated carbocycles. The number of aryl methyl sites for hydroxylation is 1. The van der Waals surface area contributed by atoms with Gasteiger partial charge in [0.2, 0.25) is 0 Å². The van der Waals surface area contributed by atoms with E-state index in [0.29, 0.717) is 17.5 Å². The van der Waals surface area contributed by atoms with Crippen LogP contribution in [0.15, 0.2) is 24.5 Å². The second-order valence-electron chi connectivity index (χ2n) is 11.4. The molecule has 3 aromatic heterocycles. The summed E-state index contributed by atoms with van der Waals surface area (Å²) in [5, 5.41) is 5.32. The number of fused-ring (bicyclic) bond motifs is 1. The molecule has 0 radical (unpaired) electrons. The van der Waals surface area contributed by atoms with Crippen molar-refractivity contribution in [2.45, 2.75) is 94.6 Å². The lowest BCUT2D eigenvalue weighted by Gasteiger charge is -2.70. The van der Waals surface area contributed by atoms with Gasteiger partial charge < -0.3 is 4.74 Å². The van der Waals surface area contributed by atoms with Gasteiger partial charge in [0, 0.05) is 34.2 Å². The summed E-state index contributed by atoms with van der Waals surface area (Å²) >= 11 is 0. The van der Waals surface area contributed by atoms with Crippen LogP contribution < -0.4 is 0 Å². The first-order chi connectivity index (χ1) is 16.6. The van der Waals surface area contributed by atoms with E-state index >= 15 is 0 Å². The Morgan fingerprint density at radius 1 is 1.06 bits per heavy atom. The second kappa shape index (κ2) is 7.02. The second-order valence-corrected chi connectivity index (χ2v) is 11.4. The Hall–Kier alpha value is -2.55. The van der Waals surface area contributed by atoms with Crippen molar-refractivity contribution in [3.8, 4) is 0 Å². The molecule has 4 aliphatic carbocycles. The lowest BCUT2D eigenvalue weighted by Crippen LogP contribution is -2.70. The molecule has 1 aliphatic heterocycles. The van der Waals surface area contributed by atoms with Crippen molar-refractivity contribution in [2.75, 3.05) is 0 Å². The van der Waals surface area contributed by atoms with E-state index in [1.807, 2.05) is 29.9 Å². The maximum atomic E-state index is 13.6. The highest BCUT2D eigenvalue weighted by atomic mass is 19.4. The van der Waals surface area contributed by atoms with Gasteiger partial charge in [-0.05, 0) is 70.9 Å². The number of halogens is 3. The Balaban J connectivity index is 1.24. The zero-order valence-corrected chi connectivity index (χ0v) is 19.8. The predicted molar refractivity (Wildman–Crippen MR) is 122 cm³/mol. The molecule has 3 atom stereocenters. The van der Waals surface area contributed by atoms with E-state index in [2.05, 4.69) is 23.2 Å². The van der Waals surface area contributed by atoms with Gasteiger partial charge in [-0.2, -0.15) is 18.3 Å². The van der Waals surface area contributed by atoms with Gasteiger partial charge in [-0.1, -0.05) is 0 Å². The first-order valence-electron chi connectivity index (χ1n) is 12.6. The van der Waals surface area contributed by atoms with Crippen molar-refractivity contribution in [1.29, 1.82) is 0 Å². The average Bonchev–Trinajstić information content (AvgIpc) is 3.46. The molecular formula is C26H28F3N5O. The molecule has 1 saturated heterocycles.